The van der Waals surface area contributed by atoms with Gasteiger partial charge in [0.05, 0.1) is 11.8 Å². The number of amides is 1. The summed E-state index contributed by atoms with van der Waals surface area (Å²) in [4.78, 5) is 16.7. The topological polar surface area (TPSA) is 54.3 Å². The van der Waals surface area contributed by atoms with E-state index in [0.717, 1.165) is 24.4 Å². The number of rotatable bonds is 7. The van der Waals surface area contributed by atoms with E-state index in [9.17, 15) is 9.18 Å². The number of hydrogen-bond acceptors (Lipinski definition) is 5. The molecule has 8 heteroatoms. The lowest BCUT2D eigenvalue weighted by atomic mass is 9.94. The van der Waals surface area contributed by atoms with Gasteiger partial charge < -0.3 is 4.90 Å². The Morgan fingerprint density at radius 2 is 1.83 bits per heavy atom. The molecule has 0 unspecified atom stereocenters. The Kier molecular flexibility index (Phi) is 7.29. The van der Waals surface area contributed by atoms with Gasteiger partial charge in [0.15, 0.2) is 11.0 Å². The highest BCUT2D eigenvalue weighted by Gasteiger charge is 2.24. The van der Waals surface area contributed by atoms with Gasteiger partial charge in [0.2, 0.25) is 5.91 Å². The minimum Gasteiger partial charge on any atom is -0.342 e. The molecule has 0 aliphatic heterocycles. The van der Waals surface area contributed by atoms with Crippen LogP contribution < -0.4 is 0 Å². The van der Waals surface area contributed by atoms with Gasteiger partial charge >= 0.3 is 0 Å². The van der Waals surface area contributed by atoms with E-state index in [1.807, 2.05) is 42.4 Å². The quantitative estimate of drug-likeness (QED) is 0.637. The number of halogens is 1. The van der Waals surface area contributed by atoms with Crippen LogP contribution in [-0.4, -0.2) is 63.4 Å². The number of thioether (sulfide) groups is 1. The van der Waals surface area contributed by atoms with Gasteiger partial charge in [-0.05, 0) is 58.1 Å². The summed E-state index contributed by atoms with van der Waals surface area (Å²) in [5, 5.41) is 9.37. The number of nitrogens with zero attached hydrogens (tertiary/aromatic N) is 5. The zero-order chi connectivity index (χ0) is 21.0. The Bertz CT molecular complexity index is 817. The first-order chi connectivity index (χ1) is 13.9. The van der Waals surface area contributed by atoms with Gasteiger partial charge in [0, 0.05) is 18.8 Å². The largest absolute Gasteiger partial charge is 0.342 e. The number of hydrogen-bond donors (Lipinski definition) is 0. The maximum atomic E-state index is 13.4. The second-order valence-electron chi connectivity index (χ2n) is 7.88. The molecule has 0 N–H and O–H groups in total. The zero-order valence-electron chi connectivity index (χ0n) is 17.6. The summed E-state index contributed by atoms with van der Waals surface area (Å²) in [6, 6.07) is 6.64. The average molecular weight is 420 g/mol. The lowest BCUT2D eigenvalue weighted by molar-refractivity contribution is -0.129. The van der Waals surface area contributed by atoms with Crippen molar-refractivity contribution in [3.8, 4) is 5.69 Å². The van der Waals surface area contributed by atoms with Crippen LogP contribution in [0.25, 0.3) is 5.69 Å². The standard InChI is InChI=1S/C21H30FN5OS/c1-15(25(2)3)20-23-24-21(27(20)18-12-10-16(22)11-13-18)29-14-19(28)26(4)17-8-6-5-7-9-17/h10-13,15,17H,5-9,14H2,1-4H3/t15-/m1/s1. The van der Waals surface area contributed by atoms with Crippen LogP contribution in [0.5, 0.6) is 0 Å². The van der Waals surface area contributed by atoms with Crippen molar-refractivity contribution in [2.24, 2.45) is 0 Å². The highest BCUT2D eigenvalue weighted by atomic mass is 32.2. The summed E-state index contributed by atoms with van der Waals surface area (Å²) in [5.41, 5.74) is 0.788. The smallest absolute Gasteiger partial charge is 0.233 e. The van der Waals surface area contributed by atoms with Crippen molar-refractivity contribution in [2.75, 3.05) is 26.9 Å². The molecule has 1 aliphatic carbocycles. The highest BCUT2D eigenvalue weighted by molar-refractivity contribution is 7.99. The first-order valence-electron chi connectivity index (χ1n) is 10.1. The molecule has 158 valence electrons. The SMILES string of the molecule is C[C@H](c1nnc(SCC(=O)N(C)C2CCCCC2)n1-c1ccc(F)cc1)N(C)C. The van der Waals surface area contributed by atoms with Gasteiger partial charge in [-0.1, -0.05) is 31.0 Å². The molecule has 2 aromatic rings. The monoisotopic (exact) mass is 419 g/mol. The van der Waals surface area contributed by atoms with E-state index in [2.05, 4.69) is 10.2 Å². The second-order valence-corrected chi connectivity index (χ2v) is 8.82. The predicted molar refractivity (Wildman–Crippen MR) is 114 cm³/mol. The van der Waals surface area contributed by atoms with E-state index in [1.54, 1.807) is 12.1 Å². The maximum Gasteiger partial charge on any atom is 0.233 e. The summed E-state index contributed by atoms with van der Waals surface area (Å²) >= 11 is 1.38. The summed E-state index contributed by atoms with van der Waals surface area (Å²) in [6.07, 6.45) is 5.83. The molecule has 1 aromatic carbocycles. The van der Waals surface area contributed by atoms with Crippen molar-refractivity contribution in [3.05, 3.63) is 35.9 Å². The molecule has 0 spiro atoms. The molecule has 1 atom stereocenters. The summed E-state index contributed by atoms with van der Waals surface area (Å²) < 4.78 is 15.4. The van der Waals surface area contributed by atoms with Crippen LogP contribution in [0, 0.1) is 5.82 Å². The van der Waals surface area contributed by atoms with E-state index in [-0.39, 0.29) is 17.8 Å². The summed E-state index contributed by atoms with van der Waals surface area (Å²) in [5.74, 6) is 0.889. The molecule has 1 heterocycles. The minimum atomic E-state index is -0.289. The summed E-state index contributed by atoms with van der Waals surface area (Å²) in [6.45, 7) is 2.04. The lowest BCUT2D eigenvalue weighted by Crippen LogP contribution is -2.39. The third-order valence-corrected chi connectivity index (χ3v) is 6.65. The molecule has 1 amide bonds. The maximum absolute atomic E-state index is 13.4. The normalized spacial score (nSPS) is 16.2. The number of carbonyl (C=O) groups is 1. The van der Waals surface area contributed by atoms with Crippen LogP contribution in [0.3, 0.4) is 0 Å². The molecule has 29 heavy (non-hydrogen) atoms. The second kappa shape index (κ2) is 9.71. The van der Waals surface area contributed by atoms with Gasteiger partial charge in [-0.15, -0.1) is 10.2 Å². The molecule has 0 saturated heterocycles. The molecule has 1 saturated carbocycles. The van der Waals surface area contributed by atoms with Crippen molar-refractivity contribution >= 4 is 17.7 Å². The van der Waals surface area contributed by atoms with Crippen LogP contribution in [0.2, 0.25) is 0 Å². The van der Waals surface area contributed by atoms with Gasteiger partial charge in [0.25, 0.3) is 0 Å². The van der Waals surface area contributed by atoms with E-state index in [0.29, 0.717) is 17.0 Å². The molecule has 1 aromatic heterocycles. The molecule has 0 bridgehead atoms. The molecule has 1 fully saturated rings. The van der Waals surface area contributed by atoms with Crippen LogP contribution in [0.1, 0.15) is 50.9 Å². The van der Waals surface area contributed by atoms with Crippen molar-refractivity contribution in [2.45, 2.75) is 56.3 Å². The third-order valence-electron chi connectivity index (χ3n) is 5.73. The van der Waals surface area contributed by atoms with Gasteiger partial charge in [-0.2, -0.15) is 0 Å². The molecule has 0 radical (unpaired) electrons. The van der Waals surface area contributed by atoms with Gasteiger partial charge in [0.1, 0.15) is 5.82 Å². The van der Waals surface area contributed by atoms with Crippen molar-refractivity contribution in [1.82, 2.24) is 24.6 Å². The number of benzene rings is 1. The highest BCUT2D eigenvalue weighted by Crippen LogP contribution is 2.28. The Hall–Kier alpha value is -1.93. The Labute approximate surface area is 176 Å². The first-order valence-corrected chi connectivity index (χ1v) is 11.1. The third kappa shape index (κ3) is 5.17. The fourth-order valence-corrected chi connectivity index (χ4v) is 4.49. The predicted octanol–water partition coefficient (Wildman–Crippen LogP) is 3.91. The zero-order valence-corrected chi connectivity index (χ0v) is 18.5. The van der Waals surface area contributed by atoms with Crippen LogP contribution >= 0.6 is 11.8 Å². The van der Waals surface area contributed by atoms with Gasteiger partial charge in [-0.25, -0.2) is 4.39 Å². The Morgan fingerprint density at radius 3 is 2.45 bits per heavy atom. The fourth-order valence-electron chi connectivity index (χ4n) is 3.61. The average Bonchev–Trinajstić information content (AvgIpc) is 3.15. The molecular weight excluding hydrogens is 389 g/mol. The Morgan fingerprint density at radius 1 is 1.17 bits per heavy atom. The minimum absolute atomic E-state index is 0.0162. The van der Waals surface area contributed by atoms with E-state index >= 15 is 0 Å². The van der Waals surface area contributed by atoms with Crippen LogP contribution in [0.4, 0.5) is 4.39 Å². The molecule has 6 nitrogen and oxygen atoms in total. The lowest BCUT2D eigenvalue weighted by Gasteiger charge is -2.31. The Balaban J connectivity index is 1.79. The first kappa shape index (κ1) is 21.8. The number of carbonyl (C=O) groups excluding carboxylic acids is 1. The molecular formula is C21H30FN5OS. The van der Waals surface area contributed by atoms with Crippen molar-refractivity contribution in [1.29, 1.82) is 0 Å². The van der Waals surface area contributed by atoms with E-state index in [1.165, 1.54) is 43.2 Å². The van der Waals surface area contributed by atoms with E-state index < -0.39 is 0 Å². The molecule has 1 aliphatic rings. The van der Waals surface area contributed by atoms with Crippen molar-refractivity contribution < 1.29 is 9.18 Å². The fraction of sp³-hybridized carbons (Fsp3) is 0.571. The van der Waals surface area contributed by atoms with Gasteiger partial charge in [-0.3, -0.25) is 14.3 Å². The van der Waals surface area contributed by atoms with E-state index in [4.69, 9.17) is 0 Å². The molecule has 3 rings (SSSR count). The van der Waals surface area contributed by atoms with Crippen molar-refractivity contribution in [3.63, 3.8) is 0 Å². The van der Waals surface area contributed by atoms with Crippen LogP contribution in [0.15, 0.2) is 29.4 Å². The van der Waals surface area contributed by atoms with Crippen LogP contribution in [-0.2, 0) is 4.79 Å². The summed E-state index contributed by atoms with van der Waals surface area (Å²) in [7, 11) is 5.86. The number of aromatic nitrogens is 3.